The van der Waals surface area contributed by atoms with E-state index in [0.717, 1.165) is 37.1 Å². The molecule has 3 N–H and O–H groups in total. The molecule has 0 saturated heterocycles. The Balaban J connectivity index is 1.99. The van der Waals surface area contributed by atoms with E-state index in [2.05, 4.69) is 12.2 Å². The zero-order valence-corrected chi connectivity index (χ0v) is 13.2. The standard InChI is InChI=1S/C17H26N2O2/c1-12(2)21-15-8-6-14(7-9-15)19-16(20)17(18)10-4-5-13(3)11-17/h6-9,12-13H,4-5,10-11,18H2,1-3H3,(H,19,20). The Morgan fingerprint density at radius 2 is 2.05 bits per heavy atom. The van der Waals surface area contributed by atoms with E-state index in [1.54, 1.807) is 0 Å². The lowest BCUT2D eigenvalue weighted by molar-refractivity contribution is -0.122. The van der Waals surface area contributed by atoms with Gasteiger partial charge < -0.3 is 15.8 Å². The molecule has 1 aliphatic rings. The number of anilines is 1. The fourth-order valence-electron chi connectivity index (χ4n) is 2.94. The van der Waals surface area contributed by atoms with Gasteiger partial charge in [0.2, 0.25) is 5.91 Å². The highest BCUT2D eigenvalue weighted by Gasteiger charge is 2.37. The van der Waals surface area contributed by atoms with Crippen LogP contribution >= 0.6 is 0 Å². The van der Waals surface area contributed by atoms with Crippen LogP contribution in [0.25, 0.3) is 0 Å². The fraction of sp³-hybridized carbons (Fsp3) is 0.588. The van der Waals surface area contributed by atoms with E-state index in [9.17, 15) is 4.79 Å². The van der Waals surface area contributed by atoms with Gasteiger partial charge in [0.25, 0.3) is 0 Å². The number of nitrogens with one attached hydrogen (secondary N) is 1. The molecule has 1 aliphatic carbocycles. The molecule has 1 fully saturated rings. The summed E-state index contributed by atoms with van der Waals surface area (Å²) in [5.41, 5.74) is 6.33. The van der Waals surface area contributed by atoms with E-state index in [-0.39, 0.29) is 12.0 Å². The van der Waals surface area contributed by atoms with Crippen LogP contribution < -0.4 is 15.8 Å². The van der Waals surface area contributed by atoms with Crippen LogP contribution in [0.4, 0.5) is 5.69 Å². The summed E-state index contributed by atoms with van der Waals surface area (Å²) in [5, 5.41) is 2.93. The monoisotopic (exact) mass is 290 g/mol. The van der Waals surface area contributed by atoms with Gasteiger partial charge >= 0.3 is 0 Å². The van der Waals surface area contributed by atoms with Crippen LogP contribution in [0.15, 0.2) is 24.3 Å². The number of nitrogens with two attached hydrogens (primary N) is 1. The maximum Gasteiger partial charge on any atom is 0.244 e. The first-order chi connectivity index (χ1) is 9.89. The normalized spacial score (nSPS) is 25.7. The number of rotatable bonds is 4. The van der Waals surface area contributed by atoms with E-state index < -0.39 is 5.54 Å². The van der Waals surface area contributed by atoms with E-state index >= 15 is 0 Å². The topological polar surface area (TPSA) is 64.4 Å². The zero-order valence-electron chi connectivity index (χ0n) is 13.2. The average molecular weight is 290 g/mol. The Morgan fingerprint density at radius 1 is 1.38 bits per heavy atom. The van der Waals surface area contributed by atoms with Gasteiger partial charge in [-0.1, -0.05) is 19.8 Å². The molecule has 0 bridgehead atoms. The number of amides is 1. The number of carbonyl (C=O) groups excluding carboxylic acids is 1. The van der Waals surface area contributed by atoms with Crippen LogP contribution in [-0.2, 0) is 4.79 Å². The summed E-state index contributed by atoms with van der Waals surface area (Å²) in [5.74, 6) is 1.24. The first kappa shape index (κ1) is 15.8. The highest BCUT2D eigenvalue weighted by atomic mass is 16.5. The molecule has 116 valence electrons. The summed E-state index contributed by atoms with van der Waals surface area (Å²) in [7, 11) is 0. The zero-order chi connectivity index (χ0) is 15.5. The molecule has 0 spiro atoms. The first-order valence-corrected chi connectivity index (χ1v) is 7.76. The SMILES string of the molecule is CC1CCCC(N)(C(=O)Nc2ccc(OC(C)C)cc2)C1. The van der Waals surface area contributed by atoms with Crippen LogP contribution in [0.3, 0.4) is 0 Å². The summed E-state index contributed by atoms with van der Waals surface area (Å²) in [6.07, 6.45) is 3.84. The lowest BCUT2D eigenvalue weighted by atomic mass is 9.76. The molecule has 0 radical (unpaired) electrons. The highest BCUT2D eigenvalue weighted by molar-refractivity contribution is 5.98. The van der Waals surface area contributed by atoms with Gasteiger partial charge in [0, 0.05) is 5.69 Å². The molecule has 21 heavy (non-hydrogen) atoms. The minimum absolute atomic E-state index is 0.0772. The minimum atomic E-state index is -0.731. The molecule has 1 saturated carbocycles. The predicted octanol–water partition coefficient (Wildman–Crippen LogP) is 3.32. The number of ether oxygens (including phenoxy) is 1. The lowest BCUT2D eigenvalue weighted by Gasteiger charge is -2.35. The number of hydrogen-bond acceptors (Lipinski definition) is 3. The van der Waals surface area contributed by atoms with Gasteiger partial charge in [-0.15, -0.1) is 0 Å². The maximum absolute atomic E-state index is 12.4. The van der Waals surface area contributed by atoms with Crippen molar-refractivity contribution in [2.45, 2.75) is 58.1 Å². The molecule has 2 atom stereocenters. The highest BCUT2D eigenvalue weighted by Crippen LogP contribution is 2.31. The fourth-order valence-corrected chi connectivity index (χ4v) is 2.94. The van der Waals surface area contributed by atoms with Gasteiger partial charge in [0.1, 0.15) is 5.75 Å². The molecular weight excluding hydrogens is 264 g/mol. The van der Waals surface area contributed by atoms with Crippen LogP contribution in [0.5, 0.6) is 5.75 Å². The van der Waals surface area contributed by atoms with Crippen LogP contribution in [0.2, 0.25) is 0 Å². The minimum Gasteiger partial charge on any atom is -0.491 e. The number of benzene rings is 1. The van der Waals surface area contributed by atoms with Crippen molar-refractivity contribution in [1.29, 1.82) is 0 Å². The Morgan fingerprint density at radius 3 is 2.62 bits per heavy atom. The maximum atomic E-state index is 12.4. The largest absolute Gasteiger partial charge is 0.491 e. The summed E-state index contributed by atoms with van der Waals surface area (Å²) in [6, 6.07) is 7.43. The molecule has 4 nitrogen and oxygen atoms in total. The van der Waals surface area contributed by atoms with Gasteiger partial charge in [-0.2, -0.15) is 0 Å². The lowest BCUT2D eigenvalue weighted by Crippen LogP contribution is -2.53. The quantitative estimate of drug-likeness (QED) is 0.894. The average Bonchev–Trinajstić information content (AvgIpc) is 2.40. The van der Waals surface area contributed by atoms with Crippen molar-refractivity contribution in [3.63, 3.8) is 0 Å². The molecule has 2 unspecified atom stereocenters. The molecule has 0 aliphatic heterocycles. The van der Waals surface area contributed by atoms with Crippen molar-refractivity contribution in [2.24, 2.45) is 11.7 Å². The van der Waals surface area contributed by atoms with E-state index in [4.69, 9.17) is 10.5 Å². The van der Waals surface area contributed by atoms with Gasteiger partial charge in [-0.05, 0) is 56.9 Å². The molecule has 0 heterocycles. The second-order valence-electron chi connectivity index (χ2n) is 6.50. The third-order valence-corrected chi connectivity index (χ3v) is 3.97. The Hall–Kier alpha value is -1.55. The van der Waals surface area contributed by atoms with Crippen molar-refractivity contribution in [1.82, 2.24) is 0 Å². The third kappa shape index (κ3) is 4.21. The summed E-state index contributed by atoms with van der Waals surface area (Å²) < 4.78 is 5.59. The molecule has 0 aromatic heterocycles. The van der Waals surface area contributed by atoms with Gasteiger partial charge in [-0.3, -0.25) is 4.79 Å². The predicted molar refractivity (Wildman–Crippen MR) is 85.4 cm³/mol. The van der Waals surface area contributed by atoms with Gasteiger partial charge in [-0.25, -0.2) is 0 Å². The summed E-state index contributed by atoms with van der Waals surface area (Å²) >= 11 is 0. The van der Waals surface area contributed by atoms with Crippen LogP contribution in [0, 0.1) is 5.92 Å². The smallest absolute Gasteiger partial charge is 0.244 e. The first-order valence-electron chi connectivity index (χ1n) is 7.76. The third-order valence-electron chi connectivity index (χ3n) is 3.97. The Kier molecular flexibility index (Phi) is 4.88. The van der Waals surface area contributed by atoms with Crippen molar-refractivity contribution in [3.05, 3.63) is 24.3 Å². The van der Waals surface area contributed by atoms with Gasteiger partial charge in [0.05, 0.1) is 11.6 Å². The van der Waals surface area contributed by atoms with E-state index in [0.29, 0.717) is 5.92 Å². The van der Waals surface area contributed by atoms with E-state index in [1.807, 2.05) is 38.1 Å². The van der Waals surface area contributed by atoms with Crippen molar-refractivity contribution in [2.75, 3.05) is 5.32 Å². The van der Waals surface area contributed by atoms with Gasteiger partial charge in [0.15, 0.2) is 0 Å². The number of hydrogen-bond donors (Lipinski definition) is 2. The Bertz CT molecular complexity index is 484. The second-order valence-corrected chi connectivity index (χ2v) is 6.50. The summed E-state index contributed by atoms with van der Waals surface area (Å²) in [4.78, 5) is 12.4. The molecular formula is C17H26N2O2. The van der Waals surface area contributed by atoms with E-state index in [1.165, 1.54) is 0 Å². The summed E-state index contributed by atoms with van der Waals surface area (Å²) in [6.45, 7) is 6.13. The second kappa shape index (κ2) is 6.48. The van der Waals surface area contributed by atoms with Crippen molar-refractivity contribution in [3.8, 4) is 5.75 Å². The molecule has 1 aromatic carbocycles. The van der Waals surface area contributed by atoms with Crippen molar-refractivity contribution < 1.29 is 9.53 Å². The number of carbonyl (C=O) groups is 1. The van der Waals surface area contributed by atoms with Crippen LogP contribution in [0.1, 0.15) is 46.5 Å². The Labute approximate surface area is 127 Å². The van der Waals surface area contributed by atoms with Crippen molar-refractivity contribution >= 4 is 11.6 Å². The molecule has 1 aromatic rings. The molecule has 2 rings (SSSR count). The molecule has 1 amide bonds. The van der Waals surface area contributed by atoms with Crippen LogP contribution in [-0.4, -0.2) is 17.6 Å². The molecule has 4 heteroatoms.